The van der Waals surface area contributed by atoms with Crippen LogP contribution in [0.2, 0.25) is 0 Å². The zero-order valence-corrected chi connectivity index (χ0v) is 13.3. The highest BCUT2D eigenvalue weighted by Crippen LogP contribution is 2.26. The molecule has 2 nitrogen and oxygen atoms in total. The fraction of sp³-hybridized carbons (Fsp3) is 0.500. The molecule has 1 heterocycles. The first-order valence-electron chi connectivity index (χ1n) is 6.93. The van der Waals surface area contributed by atoms with Gasteiger partial charge in [0.25, 0.3) is 0 Å². The van der Waals surface area contributed by atoms with Crippen molar-refractivity contribution in [1.29, 1.82) is 0 Å². The minimum atomic E-state index is 0.642. The summed E-state index contributed by atoms with van der Waals surface area (Å²) < 4.78 is 6.50. The highest BCUT2D eigenvalue weighted by atomic mass is 79.9. The van der Waals surface area contributed by atoms with Crippen molar-refractivity contribution in [1.82, 2.24) is 5.32 Å². The number of hydrogen-bond acceptors (Lipinski definition) is 2. The lowest BCUT2D eigenvalue weighted by molar-refractivity contribution is 0.399. The molecule has 2 rings (SSSR count). The SMILES string of the molecule is COc1ccc(Br)cc1/C=C(/C)CC1CCCCN1. The number of nitrogens with one attached hydrogen (secondary N) is 1. The van der Waals surface area contributed by atoms with Gasteiger partial charge < -0.3 is 10.1 Å². The normalized spacial score (nSPS) is 20.4. The quantitative estimate of drug-likeness (QED) is 0.887. The summed E-state index contributed by atoms with van der Waals surface area (Å²) >= 11 is 3.52. The van der Waals surface area contributed by atoms with Crippen LogP contribution in [0.1, 0.15) is 38.2 Å². The first kappa shape index (κ1) is 14.6. The molecule has 1 fully saturated rings. The van der Waals surface area contributed by atoms with Crippen molar-refractivity contribution in [3.8, 4) is 5.75 Å². The molecule has 1 unspecified atom stereocenters. The van der Waals surface area contributed by atoms with Crippen molar-refractivity contribution in [3.63, 3.8) is 0 Å². The number of halogens is 1. The van der Waals surface area contributed by atoms with Crippen LogP contribution in [0, 0.1) is 0 Å². The molecule has 0 saturated carbocycles. The van der Waals surface area contributed by atoms with Gasteiger partial charge in [-0.15, -0.1) is 0 Å². The largest absolute Gasteiger partial charge is 0.496 e. The molecule has 0 radical (unpaired) electrons. The van der Waals surface area contributed by atoms with Crippen LogP contribution in [-0.4, -0.2) is 19.7 Å². The van der Waals surface area contributed by atoms with Crippen molar-refractivity contribution >= 4 is 22.0 Å². The van der Waals surface area contributed by atoms with E-state index in [9.17, 15) is 0 Å². The molecule has 1 aliphatic heterocycles. The van der Waals surface area contributed by atoms with Gasteiger partial charge in [-0.1, -0.05) is 34.0 Å². The van der Waals surface area contributed by atoms with Crippen molar-refractivity contribution in [2.75, 3.05) is 13.7 Å². The lowest BCUT2D eigenvalue weighted by Gasteiger charge is -2.23. The molecule has 1 saturated heterocycles. The Morgan fingerprint density at radius 3 is 3.00 bits per heavy atom. The molecule has 104 valence electrons. The van der Waals surface area contributed by atoms with E-state index in [1.807, 2.05) is 12.1 Å². The predicted octanol–water partition coefficient (Wildman–Crippen LogP) is 4.39. The van der Waals surface area contributed by atoms with Crippen LogP contribution in [-0.2, 0) is 0 Å². The first-order chi connectivity index (χ1) is 9.19. The fourth-order valence-corrected chi connectivity index (χ4v) is 3.01. The average molecular weight is 324 g/mol. The van der Waals surface area contributed by atoms with Gasteiger partial charge in [0.15, 0.2) is 0 Å². The first-order valence-corrected chi connectivity index (χ1v) is 7.72. The minimum Gasteiger partial charge on any atom is -0.496 e. The Bertz CT molecular complexity index is 450. The van der Waals surface area contributed by atoms with Crippen molar-refractivity contribution in [3.05, 3.63) is 33.8 Å². The van der Waals surface area contributed by atoms with Crippen LogP contribution in [0.5, 0.6) is 5.75 Å². The summed E-state index contributed by atoms with van der Waals surface area (Å²) in [5.74, 6) is 0.930. The van der Waals surface area contributed by atoms with Gasteiger partial charge in [0.05, 0.1) is 7.11 Å². The monoisotopic (exact) mass is 323 g/mol. The third-order valence-corrected chi connectivity index (χ3v) is 4.07. The molecule has 0 aliphatic carbocycles. The number of benzene rings is 1. The number of piperidine rings is 1. The summed E-state index contributed by atoms with van der Waals surface area (Å²) in [5, 5.41) is 3.59. The van der Waals surface area contributed by atoms with E-state index < -0.39 is 0 Å². The molecule has 3 heteroatoms. The van der Waals surface area contributed by atoms with Crippen molar-refractivity contribution < 1.29 is 4.74 Å². The maximum Gasteiger partial charge on any atom is 0.126 e. The molecule has 0 bridgehead atoms. The van der Waals surface area contributed by atoms with Crippen LogP contribution >= 0.6 is 15.9 Å². The Morgan fingerprint density at radius 2 is 2.32 bits per heavy atom. The minimum absolute atomic E-state index is 0.642. The molecule has 0 aromatic heterocycles. The van der Waals surface area contributed by atoms with Gasteiger partial charge in [-0.2, -0.15) is 0 Å². The second-order valence-corrected chi connectivity index (χ2v) is 6.14. The third kappa shape index (κ3) is 4.36. The van der Waals surface area contributed by atoms with Crippen LogP contribution < -0.4 is 10.1 Å². The Balaban J connectivity index is 2.08. The Kier molecular flexibility index (Phi) is 5.46. The van der Waals surface area contributed by atoms with Crippen LogP contribution in [0.4, 0.5) is 0 Å². The highest BCUT2D eigenvalue weighted by molar-refractivity contribution is 9.10. The van der Waals surface area contributed by atoms with E-state index in [4.69, 9.17) is 4.74 Å². The highest BCUT2D eigenvalue weighted by Gasteiger charge is 2.12. The average Bonchev–Trinajstić information content (AvgIpc) is 2.40. The standard InChI is InChI=1S/C16H22BrNO/c1-12(10-15-5-3-4-8-18-15)9-13-11-14(17)6-7-16(13)19-2/h6-7,9,11,15,18H,3-5,8,10H2,1-2H3/b12-9-. The summed E-state index contributed by atoms with van der Waals surface area (Å²) in [6, 6.07) is 6.76. The predicted molar refractivity (Wildman–Crippen MR) is 84.6 cm³/mol. The fourth-order valence-electron chi connectivity index (χ4n) is 2.63. The molecule has 1 N–H and O–H groups in total. The van der Waals surface area contributed by atoms with Gasteiger partial charge in [0.2, 0.25) is 0 Å². The molecular weight excluding hydrogens is 302 g/mol. The van der Waals surface area contributed by atoms with E-state index in [1.54, 1.807) is 7.11 Å². The topological polar surface area (TPSA) is 21.3 Å². The molecule has 1 aromatic rings. The van der Waals surface area contributed by atoms with Crippen LogP contribution in [0.3, 0.4) is 0 Å². The lowest BCUT2D eigenvalue weighted by atomic mass is 9.97. The van der Waals surface area contributed by atoms with Gasteiger partial charge >= 0.3 is 0 Å². The Morgan fingerprint density at radius 1 is 1.47 bits per heavy atom. The van der Waals surface area contributed by atoms with E-state index in [2.05, 4.69) is 40.3 Å². The van der Waals surface area contributed by atoms with Gasteiger partial charge in [-0.3, -0.25) is 0 Å². The maximum atomic E-state index is 5.41. The van der Waals surface area contributed by atoms with E-state index in [0.29, 0.717) is 6.04 Å². The number of hydrogen-bond donors (Lipinski definition) is 1. The summed E-state index contributed by atoms with van der Waals surface area (Å²) in [6.45, 7) is 3.37. The van der Waals surface area contributed by atoms with Crippen LogP contribution in [0.25, 0.3) is 6.08 Å². The van der Waals surface area contributed by atoms with Gasteiger partial charge in [0, 0.05) is 16.1 Å². The second kappa shape index (κ2) is 7.11. The van der Waals surface area contributed by atoms with Gasteiger partial charge in [-0.25, -0.2) is 0 Å². The van der Waals surface area contributed by atoms with Crippen molar-refractivity contribution in [2.24, 2.45) is 0 Å². The smallest absolute Gasteiger partial charge is 0.126 e. The van der Waals surface area contributed by atoms with E-state index >= 15 is 0 Å². The Labute approximate surface area is 124 Å². The molecule has 1 atom stereocenters. The van der Waals surface area contributed by atoms with E-state index in [1.165, 1.54) is 24.8 Å². The van der Waals surface area contributed by atoms with Gasteiger partial charge in [-0.05, 0) is 50.9 Å². The molecule has 19 heavy (non-hydrogen) atoms. The number of methoxy groups -OCH3 is 1. The molecule has 0 amide bonds. The van der Waals surface area contributed by atoms with Crippen LogP contribution in [0.15, 0.2) is 28.2 Å². The molecule has 0 spiro atoms. The zero-order chi connectivity index (χ0) is 13.7. The Hall–Kier alpha value is -0.800. The van der Waals surface area contributed by atoms with E-state index in [-0.39, 0.29) is 0 Å². The lowest BCUT2D eigenvalue weighted by Crippen LogP contribution is -2.33. The zero-order valence-electron chi connectivity index (χ0n) is 11.7. The molecule has 1 aromatic carbocycles. The third-order valence-electron chi connectivity index (χ3n) is 3.57. The van der Waals surface area contributed by atoms with Crippen molar-refractivity contribution in [2.45, 2.75) is 38.6 Å². The van der Waals surface area contributed by atoms with E-state index in [0.717, 1.165) is 28.8 Å². The summed E-state index contributed by atoms with van der Waals surface area (Å²) in [7, 11) is 1.72. The summed E-state index contributed by atoms with van der Waals surface area (Å²) in [6.07, 6.45) is 7.32. The maximum absolute atomic E-state index is 5.41. The summed E-state index contributed by atoms with van der Waals surface area (Å²) in [4.78, 5) is 0. The number of rotatable bonds is 4. The van der Waals surface area contributed by atoms with Gasteiger partial charge in [0.1, 0.15) is 5.75 Å². The molecule has 1 aliphatic rings. The molecular formula is C16H22BrNO. The number of ether oxygens (including phenoxy) is 1. The summed E-state index contributed by atoms with van der Waals surface area (Å²) in [5.41, 5.74) is 2.54. The second-order valence-electron chi connectivity index (χ2n) is 5.23.